The van der Waals surface area contributed by atoms with Crippen molar-refractivity contribution in [1.82, 2.24) is 0 Å². The second-order valence-electron chi connectivity index (χ2n) is 9.71. The van der Waals surface area contributed by atoms with Crippen molar-refractivity contribution < 1.29 is 33.5 Å². The van der Waals surface area contributed by atoms with E-state index in [1.54, 1.807) is 5.56 Å². The third-order valence-corrected chi connectivity index (χ3v) is 7.55. The van der Waals surface area contributed by atoms with Crippen LogP contribution < -0.4 is 23.5 Å². The maximum absolute atomic E-state index is 8.49. The van der Waals surface area contributed by atoms with Crippen LogP contribution in [0.25, 0.3) is 0 Å². The van der Waals surface area contributed by atoms with Gasteiger partial charge in [-0.3, -0.25) is 0 Å². The Morgan fingerprint density at radius 1 is 0.879 bits per heavy atom. The molecule has 0 atom stereocenters. The summed E-state index contributed by atoms with van der Waals surface area (Å²) in [6.45, 7) is 4.74. The van der Waals surface area contributed by atoms with Crippen LogP contribution in [0.5, 0.6) is 0 Å². The highest BCUT2D eigenvalue weighted by atomic mass is 35.7. The molecule has 176 valence electrons. The molecular formula is C26H31ClN2O4. The average Bonchev–Trinajstić information content (AvgIpc) is 3.10. The van der Waals surface area contributed by atoms with E-state index in [0.717, 1.165) is 0 Å². The molecular weight excluding hydrogens is 440 g/mol. The van der Waals surface area contributed by atoms with E-state index in [4.69, 9.17) is 18.6 Å². The first-order valence-electron chi connectivity index (χ1n) is 11.3. The third kappa shape index (κ3) is 4.22. The molecule has 2 aromatic rings. The van der Waals surface area contributed by atoms with Crippen molar-refractivity contribution in [3.8, 4) is 0 Å². The molecule has 6 nitrogen and oxygen atoms in total. The van der Waals surface area contributed by atoms with Crippen molar-refractivity contribution in [1.29, 1.82) is 0 Å². The first kappa shape index (κ1) is 23.9. The Balaban J connectivity index is 0.000000471. The van der Waals surface area contributed by atoms with Crippen LogP contribution in [0.15, 0.2) is 60.3 Å². The third-order valence-electron chi connectivity index (χ3n) is 7.55. The second kappa shape index (κ2) is 8.53. The first-order valence-corrected chi connectivity index (χ1v) is 12.6. The van der Waals surface area contributed by atoms with E-state index < -0.39 is 10.2 Å². The van der Waals surface area contributed by atoms with E-state index in [0.29, 0.717) is 0 Å². The van der Waals surface area contributed by atoms with Gasteiger partial charge in [0.1, 0.15) is 7.05 Å². The van der Waals surface area contributed by atoms with Crippen molar-refractivity contribution in [3.05, 3.63) is 71.4 Å². The number of fused-ring (bicyclic) bond motifs is 3. The van der Waals surface area contributed by atoms with Crippen LogP contribution in [-0.2, 0) is 10.8 Å². The van der Waals surface area contributed by atoms with E-state index in [9.17, 15) is 0 Å². The zero-order chi connectivity index (χ0) is 24.0. The fourth-order valence-electron chi connectivity index (χ4n) is 6.06. The van der Waals surface area contributed by atoms with Crippen LogP contribution in [-0.4, -0.2) is 24.4 Å². The lowest BCUT2D eigenvalue weighted by Crippen LogP contribution is -2.68. The Bertz CT molecular complexity index is 1110. The SMILES string of the molecule is CN1C(=CC2=[N+](C)c3ccccc3C2(C)C)C2(CCCCC2)c2ccccc21.[O-][Cl+3]([O-])([O-])[O-]. The molecule has 1 spiro atoms. The lowest BCUT2D eigenvalue weighted by molar-refractivity contribution is -2.00. The minimum absolute atomic E-state index is 0.0177. The standard InChI is InChI=1S/C26H31N2.ClHO4/c1-25(2)19-12-6-8-14-21(19)27(3)23(25)18-24-26(16-10-5-11-17-26)20-13-7-9-15-22(20)28(24)4;2-1(3,4)5/h6-9,12-15,18H,5,10-11,16-17H2,1-4H3;(H,2,3,4,5)/q+1;/p-1. The van der Waals surface area contributed by atoms with Gasteiger partial charge in [-0.1, -0.05) is 55.7 Å². The number of anilines is 1. The fourth-order valence-corrected chi connectivity index (χ4v) is 6.06. The van der Waals surface area contributed by atoms with Gasteiger partial charge in [-0.2, -0.15) is 4.58 Å². The molecule has 2 aromatic carbocycles. The number of benzene rings is 2. The van der Waals surface area contributed by atoms with Gasteiger partial charge in [0.05, 0.1) is 5.41 Å². The predicted octanol–water partition coefficient (Wildman–Crippen LogP) is 1.17. The molecule has 2 aliphatic heterocycles. The molecule has 3 aliphatic rings. The summed E-state index contributed by atoms with van der Waals surface area (Å²) in [6, 6.07) is 18.0. The molecule has 0 unspecified atom stereocenters. The molecule has 7 heteroatoms. The summed E-state index contributed by atoms with van der Waals surface area (Å²) in [4.78, 5) is 2.47. The van der Waals surface area contributed by atoms with E-state index >= 15 is 0 Å². The molecule has 33 heavy (non-hydrogen) atoms. The van der Waals surface area contributed by atoms with Gasteiger partial charge < -0.3 is 4.90 Å². The summed E-state index contributed by atoms with van der Waals surface area (Å²) in [5, 5.41) is 0. The number of nitrogens with zero attached hydrogens (tertiary/aromatic N) is 2. The summed E-state index contributed by atoms with van der Waals surface area (Å²) in [7, 11) is -0.445. The van der Waals surface area contributed by atoms with Crippen molar-refractivity contribution in [2.24, 2.45) is 0 Å². The maximum atomic E-state index is 8.49. The van der Waals surface area contributed by atoms with Crippen LogP contribution in [0, 0.1) is 10.2 Å². The second-order valence-corrected chi connectivity index (χ2v) is 10.5. The summed E-state index contributed by atoms with van der Waals surface area (Å²) in [5.41, 5.74) is 8.82. The number of hydrogen-bond donors (Lipinski definition) is 0. The van der Waals surface area contributed by atoms with Crippen molar-refractivity contribution in [2.45, 2.75) is 56.8 Å². The van der Waals surface area contributed by atoms with Crippen molar-refractivity contribution >= 4 is 17.1 Å². The maximum Gasteiger partial charge on any atom is 0.209 e. The molecule has 0 saturated heterocycles. The summed E-state index contributed by atoms with van der Waals surface area (Å²) < 4.78 is 36.4. The topological polar surface area (TPSA) is 98.5 Å². The highest BCUT2D eigenvalue weighted by Crippen LogP contribution is 2.55. The number of hydrogen-bond acceptors (Lipinski definition) is 5. The average molecular weight is 471 g/mol. The molecule has 5 rings (SSSR count). The van der Waals surface area contributed by atoms with E-state index in [1.165, 1.54) is 60.5 Å². The smallest absolute Gasteiger partial charge is 0.209 e. The lowest BCUT2D eigenvalue weighted by atomic mass is 9.68. The van der Waals surface area contributed by atoms with Crippen LogP contribution >= 0.6 is 0 Å². The Morgan fingerprint density at radius 3 is 2.03 bits per heavy atom. The largest absolute Gasteiger partial charge is 0.347 e. The lowest BCUT2D eigenvalue weighted by Gasteiger charge is -2.36. The number of para-hydroxylation sites is 2. The van der Waals surface area contributed by atoms with Crippen LogP contribution in [0.3, 0.4) is 0 Å². The number of likely N-dealkylation sites (N-methyl/N-ethyl adjacent to an activating group) is 1. The zero-order valence-electron chi connectivity index (χ0n) is 19.6. The molecule has 2 heterocycles. The van der Waals surface area contributed by atoms with Gasteiger partial charge in [0.25, 0.3) is 0 Å². The molecule has 1 aliphatic carbocycles. The highest BCUT2D eigenvalue weighted by molar-refractivity contribution is 6.04. The summed E-state index contributed by atoms with van der Waals surface area (Å²) >= 11 is 0. The number of allylic oxidation sites excluding steroid dienone is 2. The van der Waals surface area contributed by atoms with Gasteiger partial charge in [-0.15, -0.1) is 10.2 Å². The van der Waals surface area contributed by atoms with Gasteiger partial charge in [0.15, 0.2) is 5.71 Å². The normalized spacial score (nSPS) is 21.7. The Morgan fingerprint density at radius 2 is 1.42 bits per heavy atom. The van der Waals surface area contributed by atoms with E-state index in [1.807, 2.05) is 0 Å². The zero-order valence-corrected chi connectivity index (χ0v) is 20.4. The van der Waals surface area contributed by atoms with Crippen molar-refractivity contribution in [3.63, 3.8) is 0 Å². The minimum atomic E-state index is -4.94. The fraction of sp³-hybridized carbons (Fsp3) is 0.423. The van der Waals surface area contributed by atoms with Gasteiger partial charge in [0.2, 0.25) is 5.69 Å². The van der Waals surface area contributed by atoms with Crippen LogP contribution in [0.1, 0.15) is 57.1 Å². The molecule has 0 radical (unpaired) electrons. The monoisotopic (exact) mass is 470 g/mol. The van der Waals surface area contributed by atoms with Gasteiger partial charge in [-0.25, -0.2) is 18.6 Å². The molecule has 0 amide bonds. The van der Waals surface area contributed by atoms with Gasteiger partial charge in [-0.05, 0) is 38.3 Å². The first-order chi connectivity index (χ1) is 15.5. The van der Waals surface area contributed by atoms with Crippen LogP contribution in [0.2, 0.25) is 0 Å². The summed E-state index contributed by atoms with van der Waals surface area (Å²) in [5.74, 6) is 0. The highest BCUT2D eigenvalue weighted by Gasteiger charge is 2.49. The Kier molecular flexibility index (Phi) is 6.18. The quantitative estimate of drug-likeness (QED) is 0.583. The molecule has 1 saturated carbocycles. The molecule has 0 aromatic heterocycles. The van der Waals surface area contributed by atoms with Gasteiger partial charge >= 0.3 is 0 Å². The van der Waals surface area contributed by atoms with Crippen molar-refractivity contribution in [2.75, 3.05) is 19.0 Å². The molecule has 1 fully saturated rings. The summed E-state index contributed by atoms with van der Waals surface area (Å²) in [6.07, 6.45) is 9.09. The molecule has 0 bridgehead atoms. The van der Waals surface area contributed by atoms with E-state index in [-0.39, 0.29) is 10.8 Å². The minimum Gasteiger partial charge on any atom is -0.347 e. The van der Waals surface area contributed by atoms with Gasteiger partial charge in [0, 0.05) is 41.6 Å². The number of rotatable bonds is 1. The number of halogens is 1. The molecule has 0 N–H and O–H groups in total. The van der Waals surface area contributed by atoms with Crippen LogP contribution in [0.4, 0.5) is 11.4 Å². The Labute approximate surface area is 197 Å². The predicted molar refractivity (Wildman–Crippen MR) is 118 cm³/mol. The van der Waals surface area contributed by atoms with E-state index in [2.05, 4.69) is 92.0 Å². The Hall–Kier alpha value is -2.22.